The Kier molecular flexibility index (Phi) is 2.84. The Balaban J connectivity index is 2.86. The molecule has 0 aliphatic rings. The molecule has 0 bridgehead atoms. The van der Waals surface area contributed by atoms with Gasteiger partial charge in [-0.15, -0.1) is 6.42 Å². The third-order valence-electron chi connectivity index (χ3n) is 1.77. The molecular weight excluding hydrogens is 148 g/mol. The molecule has 1 heterocycles. The highest BCUT2D eigenvalue weighted by Crippen LogP contribution is 2.10. The molecule has 0 saturated carbocycles. The molecule has 0 aliphatic heterocycles. The molecule has 2 heteroatoms. The van der Waals surface area contributed by atoms with Gasteiger partial charge in [0.05, 0.1) is 5.69 Å². The lowest BCUT2D eigenvalue weighted by Crippen LogP contribution is -2.10. The van der Waals surface area contributed by atoms with Crippen molar-refractivity contribution in [3.63, 3.8) is 0 Å². The second kappa shape index (κ2) is 3.89. The van der Waals surface area contributed by atoms with Crippen molar-refractivity contribution in [1.29, 1.82) is 0 Å². The van der Waals surface area contributed by atoms with Gasteiger partial charge in [0, 0.05) is 17.8 Å². The number of pyridine rings is 1. The van der Waals surface area contributed by atoms with E-state index in [9.17, 15) is 0 Å². The van der Waals surface area contributed by atoms with E-state index < -0.39 is 0 Å². The number of hydrogen-bond acceptors (Lipinski definition) is 2. The van der Waals surface area contributed by atoms with E-state index in [2.05, 4.69) is 10.9 Å². The van der Waals surface area contributed by atoms with Gasteiger partial charge in [0.2, 0.25) is 0 Å². The highest BCUT2D eigenvalue weighted by Gasteiger charge is 2.02. The Morgan fingerprint density at radius 1 is 1.67 bits per heavy atom. The predicted molar refractivity (Wildman–Crippen MR) is 49.4 cm³/mol. The van der Waals surface area contributed by atoms with Crippen molar-refractivity contribution in [3.8, 4) is 12.3 Å². The second-order valence-corrected chi connectivity index (χ2v) is 2.63. The Labute approximate surface area is 72.8 Å². The first-order valence-electron chi connectivity index (χ1n) is 3.96. The summed E-state index contributed by atoms with van der Waals surface area (Å²) in [6.07, 6.45) is 7.75. The van der Waals surface area contributed by atoms with E-state index in [0.717, 1.165) is 17.7 Å². The van der Waals surface area contributed by atoms with E-state index in [-0.39, 0.29) is 6.04 Å². The van der Waals surface area contributed by atoms with E-state index in [4.69, 9.17) is 12.2 Å². The van der Waals surface area contributed by atoms with Gasteiger partial charge < -0.3 is 5.73 Å². The van der Waals surface area contributed by atoms with E-state index >= 15 is 0 Å². The van der Waals surface area contributed by atoms with Crippen LogP contribution in [0.25, 0.3) is 0 Å². The summed E-state index contributed by atoms with van der Waals surface area (Å²) in [6.45, 7) is 2.03. The number of aromatic nitrogens is 1. The summed E-state index contributed by atoms with van der Waals surface area (Å²) in [7, 11) is 0. The first kappa shape index (κ1) is 8.76. The highest BCUT2D eigenvalue weighted by molar-refractivity contribution is 5.30. The molecule has 2 N–H and O–H groups in total. The number of nitrogens with two attached hydrogens (primary N) is 1. The lowest BCUT2D eigenvalue weighted by molar-refractivity contribution is 0.675. The minimum atomic E-state index is 0.0248. The van der Waals surface area contributed by atoms with Crippen LogP contribution in [0.15, 0.2) is 18.3 Å². The quantitative estimate of drug-likeness (QED) is 0.665. The molecule has 0 aromatic carbocycles. The van der Waals surface area contributed by atoms with Crippen molar-refractivity contribution >= 4 is 0 Å². The molecular formula is C10H12N2. The molecule has 0 aliphatic carbocycles. The molecule has 12 heavy (non-hydrogen) atoms. The van der Waals surface area contributed by atoms with Gasteiger partial charge in [0.1, 0.15) is 0 Å². The van der Waals surface area contributed by atoms with Crippen molar-refractivity contribution in [3.05, 3.63) is 29.6 Å². The number of terminal acetylenes is 1. The number of rotatable bonds is 2. The monoisotopic (exact) mass is 160 g/mol. The minimum absolute atomic E-state index is 0.0248. The molecule has 1 aromatic rings. The standard InChI is InChI=1S/C10H12N2/c1-3-8-5-6-10(12-7-8)9(11)4-2/h1,5-7,9H,4,11H2,2H3/t9-/m0/s1. The second-order valence-electron chi connectivity index (χ2n) is 2.63. The maximum atomic E-state index is 5.77. The topological polar surface area (TPSA) is 38.9 Å². The lowest BCUT2D eigenvalue weighted by atomic mass is 10.1. The number of hydrogen-bond donors (Lipinski definition) is 1. The van der Waals surface area contributed by atoms with Crippen LogP contribution in [0.3, 0.4) is 0 Å². The fourth-order valence-corrected chi connectivity index (χ4v) is 0.919. The maximum Gasteiger partial charge on any atom is 0.0571 e. The third-order valence-corrected chi connectivity index (χ3v) is 1.77. The van der Waals surface area contributed by atoms with Crippen molar-refractivity contribution in [2.75, 3.05) is 0 Å². The summed E-state index contributed by atoms with van der Waals surface area (Å²) < 4.78 is 0. The molecule has 0 spiro atoms. The van der Waals surface area contributed by atoms with Gasteiger partial charge in [0.25, 0.3) is 0 Å². The van der Waals surface area contributed by atoms with E-state index in [0.29, 0.717) is 0 Å². The smallest absolute Gasteiger partial charge is 0.0571 e. The van der Waals surface area contributed by atoms with Crippen LogP contribution in [0.2, 0.25) is 0 Å². The normalized spacial score (nSPS) is 12.1. The summed E-state index contributed by atoms with van der Waals surface area (Å²) in [6, 6.07) is 3.76. The van der Waals surface area contributed by atoms with Gasteiger partial charge in [-0.1, -0.05) is 12.8 Å². The molecule has 2 nitrogen and oxygen atoms in total. The fourth-order valence-electron chi connectivity index (χ4n) is 0.919. The van der Waals surface area contributed by atoms with Crippen LogP contribution in [-0.4, -0.2) is 4.98 Å². The fraction of sp³-hybridized carbons (Fsp3) is 0.300. The van der Waals surface area contributed by atoms with E-state index in [1.54, 1.807) is 6.20 Å². The van der Waals surface area contributed by atoms with Crippen molar-refractivity contribution in [1.82, 2.24) is 4.98 Å². The Morgan fingerprint density at radius 2 is 2.42 bits per heavy atom. The van der Waals surface area contributed by atoms with Crippen molar-refractivity contribution in [2.45, 2.75) is 19.4 Å². The molecule has 1 rings (SSSR count). The van der Waals surface area contributed by atoms with E-state index in [1.165, 1.54) is 0 Å². The minimum Gasteiger partial charge on any atom is -0.323 e. The molecule has 0 fully saturated rings. The van der Waals surface area contributed by atoms with Crippen molar-refractivity contribution < 1.29 is 0 Å². The first-order chi connectivity index (χ1) is 5.77. The molecule has 62 valence electrons. The average Bonchev–Trinajstić information content (AvgIpc) is 2.17. The predicted octanol–water partition coefficient (Wildman–Crippen LogP) is 1.47. The largest absolute Gasteiger partial charge is 0.323 e. The highest BCUT2D eigenvalue weighted by atomic mass is 14.8. The van der Waals surface area contributed by atoms with Crippen LogP contribution in [-0.2, 0) is 0 Å². The SMILES string of the molecule is C#Cc1ccc([C@@H](N)CC)nc1. The van der Waals surface area contributed by atoms with Crippen LogP contribution < -0.4 is 5.73 Å². The summed E-state index contributed by atoms with van der Waals surface area (Å²) in [5.41, 5.74) is 7.46. The molecule has 0 saturated heterocycles. The first-order valence-corrected chi connectivity index (χ1v) is 3.96. The molecule has 1 atom stereocenters. The summed E-state index contributed by atoms with van der Waals surface area (Å²) >= 11 is 0. The zero-order valence-electron chi connectivity index (χ0n) is 7.12. The Morgan fingerprint density at radius 3 is 2.83 bits per heavy atom. The van der Waals surface area contributed by atoms with Crippen LogP contribution >= 0.6 is 0 Å². The zero-order chi connectivity index (χ0) is 8.97. The van der Waals surface area contributed by atoms with Crippen LogP contribution in [0.5, 0.6) is 0 Å². The summed E-state index contributed by atoms with van der Waals surface area (Å²) in [4.78, 5) is 4.15. The third kappa shape index (κ3) is 1.84. The average molecular weight is 160 g/mol. The van der Waals surface area contributed by atoms with Gasteiger partial charge >= 0.3 is 0 Å². The van der Waals surface area contributed by atoms with E-state index in [1.807, 2.05) is 19.1 Å². The van der Waals surface area contributed by atoms with Crippen molar-refractivity contribution in [2.24, 2.45) is 5.73 Å². The number of nitrogens with zero attached hydrogens (tertiary/aromatic N) is 1. The molecule has 1 aromatic heterocycles. The molecule has 0 radical (unpaired) electrons. The van der Waals surface area contributed by atoms with Crippen LogP contribution in [0.4, 0.5) is 0 Å². The van der Waals surface area contributed by atoms with Gasteiger partial charge in [-0.3, -0.25) is 4.98 Å². The summed E-state index contributed by atoms with van der Waals surface area (Å²) in [5.74, 6) is 2.51. The van der Waals surface area contributed by atoms with Crippen LogP contribution in [0, 0.1) is 12.3 Å². The van der Waals surface area contributed by atoms with Gasteiger partial charge in [-0.2, -0.15) is 0 Å². The van der Waals surface area contributed by atoms with Crippen LogP contribution in [0.1, 0.15) is 30.6 Å². The maximum absolute atomic E-state index is 5.77. The van der Waals surface area contributed by atoms with Gasteiger partial charge in [-0.05, 0) is 18.6 Å². The lowest BCUT2D eigenvalue weighted by Gasteiger charge is -2.06. The zero-order valence-corrected chi connectivity index (χ0v) is 7.12. The molecule has 0 unspecified atom stereocenters. The Hall–Kier alpha value is -1.33. The van der Waals surface area contributed by atoms with Gasteiger partial charge in [0.15, 0.2) is 0 Å². The summed E-state index contributed by atoms with van der Waals surface area (Å²) in [5, 5.41) is 0. The van der Waals surface area contributed by atoms with Gasteiger partial charge in [-0.25, -0.2) is 0 Å². The molecule has 0 amide bonds. The Bertz CT molecular complexity index is 282.